The lowest BCUT2D eigenvalue weighted by atomic mass is 10.4. The van der Waals surface area contributed by atoms with Gasteiger partial charge in [-0.25, -0.2) is 0 Å². The molecular formula is C10H21NO. The van der Waals surface area contributed by atoms with Crippen LogP contribution in [0.3, 0.4) is 0 Å². The molecule has 0 aliphatic heterocycles. The third-order valence-electron chi connectivity index (χ3n) is 0.749. The van der Waals surface area contributed by atoms with Crippen LogP contribution in [0.1, 0.15) is 41.0 Å². The van der Waals surface area contributed by atoms with Crippen LogP contribution < -0.4 is 5.32 Å². The fourth-order valence-electron chi connectivity index (χ4n) is 0.484. The Hall–Kier alpha value is -0.790. The van der Waals surface area contributed by atoms with Crippen molar-refractivity contribution in [1.29, 1.82) is 0 Å². The van der Waals surface area contributed by atoms with Gasteiger partial charge in [0.1, 0.15) is 0 Å². The summed E-state index contributed by atoms with van der Waals surface area (Å²) in [5.74, 6) is -0.0208. The lowest BCUT2D eigenvalue weighted by molar-refractivity contribution is -0.116. The Morgan fingerprint density at radius 3 is 2.08 bits per heavy atom. The second kappa shape index (κ2) is 10.2. The number of amides is 1. The van der Waals surface area contributed by atoms with Crippen LogP contribution in [0.25, 0.3) is 0 Å². The van der Waals surface area contributed by atoms with Crippen molar-refractivity contribution in [3.05, 3.63) is 12.2 Å². The molecule has 2 nitrogen and oxygen atoms in total. The molecule has 0 bridgehead atoms. The molecule has 72 valence electrons. The van der Waals surface area contributed by atoms with Crippen LogP contribution in [0.15, 0.2) is 12.2 Å². The molecule has 0 fully saturated rings. The molecule has 0 saturated heterocycles. The van der Waals surface area contributed by atoms with Crippen LogP contribution in [-0.4, -0.2) is 11.9 Å². The monoisotopic (exact) mass is 171 g/mol. The third kappa shape index (κ3) is 16.1. The average molecular weight is 171 g/mol. The van der Waals surface area contributed by atoms with E-state index in [4.69, 9.17) is 0 Å². The average Bonchev–Trinajstić information content (AvgIpc) is 1.87. The van der Waals surface area contributed by atoms with Crippen molar-refractivity contribution < 1.29 is 4.79 Å². The van der Waals surface area contributed by atoms with Crippen LogP contribution in [0.4, 0.5) is 0 Å². The first-order valence-electron chi connectivity index (χ1n) is 4.51. The molecule has 0 rings (SSSR count). The normalized spacial score (nSPS) is 9.50. The zero-order valence-corrected chi connectivity index (χ0v) is 8.85. The summed E-state index contributed by atoms with van der Waals surface area (Å²) in [5.41, 5.74) is 0. The molecule has 0 heterocycles. The van der Waals surface area contributed by atoms with Crippen molar-refractivity contribution in [2.24, 2.45) is 0 Å². The van der Waals surface area contributed by atoms with Gasteiger partial charge in [0.15, 0.2) is 0 Å². The van der Waals surface area contributed by atoms with Gasteiger partial charge < -0.3 is 5.32 Å². The number of carbonyl (C=O) groups excluding carboxylic acids is 1. The van der Waals surface area contributed by atoms with Gasteiger partial charge >= 0.3 is 0 Å². The predicted octanol–water partition coefficient (Wildman–Crippen LogP) is 2.50. The maximum Gasteiger partial charge on any atom is 0.243 e. The second-order valence-electron chi connectivity index (χ2n) is 2.87. The van der Waals surface area contributed by atoms with E-state index in [9.17, 15) is 4.79 Å². The molecule has 1 amide bonds. The molecule has 0 aliphatic carbocycles. The Labute approximate surface area is 76.1 Å². The van der Waals surface area contributed by atoms with E-state index in [0.29, 0.717) is 0 Å². The largest absolute Gasteiger partial charge is 0.350 e. The summed E-state index contributed by atoms with van der Waals surface area (Å²) in [6.45, 7) is 9.93. The number of carbonyl (C=O) groups is 1. The van der Waals surface area contributed by atoms with Gasteiger partial charge in [0.05, 0.1) is 0 Å². The van der Waals surface area contributed by atoms with Gasteiger partial charge in [-0.1, -0.05) is 26.3 Å². The van der Waals surface area contributed by atoms with Crippen molar-refractivity contribution in [2.75, 3.05) is 0 Å². The molecule has 1 N–H and O–H groups in total. The van der Waals surface area contributed by atoms with E-state index in [1.54, 1.807) is 6.08 Å². The highest BCUT2D eigenvalue weighted by molar-refractivity contribution is 5.87. The summed E-state index contributed by atoms with van der Waals surface area (Å²) in [5, 5.41) is 2.72. The zero-order chi connectivity index (χ0) is 9.98. The highest BCUT2D eigenvalue weighted by Gasteiger charge is 1.94. The molecule has 0 aromatic rings. The molecular weight excluding hydrogens is 150 g/mol. The molecule has 12 heavy (non-hydrogen) atoms. The fraction of sp³-hybridized carbons (Fsp3) is 0.700. The van der Waals surface area contributed by atoms with E-state index in [-0.39, 0.29) is 11.9 Å². The maximum atomic E-state index is 10.7. The summed E-state index contributed by atoms with van der Waals surface area (Å²) >= 11 is 0. The van der Waals surface area contributed by atoms with E-state index in [2.05, 4.69) is 19.2 Å². The molecule has 0 aliphatic rings. The predicted molar refractivity (Wildman–Crippen MR) is 54.1 cm³/mol. The summed E-state index contributed by atoms with van der Waals surface area (Å²) in [6.07, 6.45) is 4.48. The van der Waals surface area contributed by atoms with E-state index in [1.165, 1.54) is 12.5 Å². The van der Waals surface area contributed by atoms with Gasteiger partial charge in [0.25, 0.3) is 0 Å². The Bertz CT molecular complexity index is 128. The van der Waals surface area contributed by atoms with Gasteiger partial charge in [0, 0.05) is 6.04 Å². The minimum atomic E-state index is -0.0208. The van der Waals surface area contributed by atoms with Gasteiger partial charge in [-0.15, -0.1) is 0 Å². The SMILES string of the molecule is C/C=C/C(=O)NC(C)C.CCC. The van der Waals surface area contributed by atoms with Crippen molar-refractivity contribution in [3.63, 3.8) is 0 Å². The van der Waals surface area contributed by atoms with Crippen LogP contribution in [0.2, 0.25) is 0 Å². The number of hydrogen-bond donors (Lipinski definition) is 1. The standard InChI is InChI=1S/C7H13NO.C3H8/c1-4-5-7(9)8-6(2)3;1-3-2/h4-6H,1-3H3,(H,8,9);3H2,1-2H3/b5-4+;. The number of nitrogens with one attached hydrogen (secondary N) is 1. The van der Waals surface area contributed by atoms with Crippen LogP contribution >= 0.6 is 0 Å². The number of allylic oxidation sites excluding steroid dienone is 1. The number of hydrogen-bond acceptors (Lipinski definition) is 1. The molecule has 0 unspecified atom stereocenters. The third-order valence-corrected chi connectivity index (χ3v) is 0.749. The first kappa shape index (κ1) is 13.8. The number of rotatable bonds is 2. The van der Waals surface area contributed by atoms with Gasteiger partial charge in [-0.2, -0.15) is 0 Å². The molecule has 0 aromatic heterocycles. The van der Waals surface area contributed by atoms with E-state index < -0.39 is 0 Å². The lowest BCUT2D eigenvalue weighted by Crippen LogP contribution is -2.28. The second-order valence-corrected chi connectivity index (χ2v) is 2.87. The van der Waals surface area contributed by atoms with Gasteiger partial charge in [0.2, 0.25) is 5.91 Å². The van der Waals surface area contributed by atoms with Crippen LogP contribution in [-0.2, 0) is 4.79 Å². The van der Waals surface area contributed by atoms with Crippen molar-refractivity contribution in [3.8, 4) is 0 Å². The topological polar surface area (TPSA) is 29.1 Å². The maximum absolute atomic E-state index is 10.7. The Morgan fingerprint density at radius 1 is 1.42 bits per heavy atom. The lowest BCUT2D eigenvalue weighted by Gasteiger charge is -2.03. The summed E-state index contributed by atoms with van der Waals surface area (Å²) in [7, 11) is 0. The molecule has 2 heteroatoms. The van der Waals surface area contributed by atoms with E-state index >= 15 is 0 Å². The molecule has 0 atom stereocenters. The smallest absolute Gasteiger partial charge is 0.243 e. The highest BCUT2D eigenvalue weighted by Crippen LogP contribution is 1.77. The van der Waals surface area contributed by atoms with E-state index in [1.807, 2.05) is 20.8 Å². The Morgan fingerprint density at radius 2 is 1.83 bits per heavy atom. The molecule has 0 spiro atoms. The van der Waals surface area contributed by atoms with Crippen LogP contribution in [0.5, 0.6) is 0 Å². The van der Waals surface area contributed by atoms with Crippen molar-refractivity contribution in [2.45, 2.75) is 47.1 Å². The Kier molecular flexibility index (Phi) is 11.7. The van der Waals surface area contributed by atoms with Crippen LogP contribution in [0, 0.1) is 0 Å². The fourth-order valence-corrected chi connectivity index (χ4v) is 0.484. The minimum absolute atomic E-state index is 0.0208. The molecule has 0 radical (unpaired) electrons. The van der Waals surface area contributed by atoms with E-state index in [0.717, 1.165) is 0 Å². The first-order chi connectivity index (χ1) is 5.58. The summed E-state index contributed by atoms with van der Waals surface area (Å²) in [4.78, 5) is 10.7. The molecule has 0 aromatic carbocycles. The minimum Gasteiger partial charge on any atom is -0.350 e. The molecule has 0 saturated carbocycles. The first-order valence-corrected chi connectivity index (χ1v) is 4.51. The summed E-state index contributed by atoms with van der Waals surface area (Å²) in [6, 6.07) is 0.230. The highest BCUT2D eigenvalue weighted by atomic mass is 16.1. The summed E-state index contributed by atoms with van der Waals surface area (Å²) < 4.78 is 0. The zero-order valence-electron chi connectivity index (χ0n) is 8.85. The Balaban J connectivity index is 0. The van der Waals surface area contributed by atoms with Gasteiger partial charge in [-0.05, 0) is 26.8 Å². The van der Waals surface area contributed by atoms with Crippen molar-refractivity contribution >= 4 is 5.91 Å². The van der Waals surface area contributed by atoms with Gasteiger partial charge in [-0.3, -0.25) is 4.79 Å². The quantitative estimate of drug-likeness (QED) is 0.635. The van der Waals surface area contributed by atoms with Crippen molar-refractivity contribution in [1.82, 2.24) is 5.32 Å².